The molecule has 0 aliphatic carbocycles. The highest BCUT2D eigenvalue weighted by Crippen LogP contribution is 2.30. The lowest BCUT2D eigenvalue weighted by atomic mass is 10.00. The Labute approximate surface area is 181 Å². The van der Waals surface area contributed by atoms with E-state index in [-0.39, 0.29) is 5.56 Å². The summed E-state index contributed by atoms with van der Waals surface area (Å²) in [7, 11) is 1.78. The van der Waals surface area contributed by atoms with Crippen molar-refractivity contribution in [3.8, 4) is 11.1 Å². The number of aromatic nitrogens is 3. The average Bonchev–Trinajstić information content (AvgIpc) is 2.79. The summed E-state index contributed by atoms with van der Waals surface area (Å²) in [5.41, 5.74) is 2.67. The van der Waals surface area contributed by atoms with Gasteiger partial charge >= 0.3 is 6.18 Å². The predicted octanol–water partition coefficient (Wildman–Crippen LogP) is 5.31. The molecule has 6 nitrogen and oxygen atoms in total. The van der Waals surface area contributed by atoms with Crippen molar-refractivity contribution >= 4 is 28.3 Å². The van der Waals surface area contributed by atoms with Crippen LogP contribution in [-0.4, -0.2) is 27.9 Å². The fourth-order valence-electron chi connectivity index (χ4n) is 3.24. The summed E-state index contributed by atoms with van der Waals surface area (Å²) in [5, 5.41) is 6.46. The Morgan fingerprint density at radius 3 is 2.53 bits per heavy atom. The molecule has 0 saturated carbocycles. The van der Waals surface area contributed by atoms with Crippen molar-refractivity contribution in [2.24, 2.45) is 0 Å². The highest BCUT2D eigenvalue weighted by Gasteiger charge is 2.31. The van der Waals surface area contributed by atoms with Gasteiger partial charge in [-0.1, -0.05) is 6.07 Å². The molecule has 4 rings (SSSR count). The molecule has 9 heteroatoms. The number of rotatable bonds is 4. The third-order valence-electron chi connectivity index (χ3n) is 4.96. The van der Waals surface area contributed by atoms with Gasteiger partial charge in [-0.2, -0.15) is 13.2 Å². The van der Waals surface area contributed by atoms with E-state index >= 15 is 0 Å². The largest absolute Gasteiger partial charge is 0.417 e. The molecular weight excluding hydrogens is 419 g/mol. The lowest BCUT2D eigenvalue weighted by molar-refractivity contribution is -0.137. The Hall–Kier alpha value is -4.01. The fourth-order valence-corrected chi connectivity index (χ4v) is 3.24. The second-order valence-electron chi connectivity index (χ2n) is 7.18. The molecule has 0 spiro atoms. The lowest BCUT2D eigenvalue weighted by Gasteiger charge is -2.12. The van der Waals surface area contributed by atoms with Gasteiger partial charge < -0.3 is 10.6 Å². The molecule has 162 valence electrons. The van der Waals surface area contributed by atoms with Gasteiger partial charge in [-0.15, -0.1) is 0 Å². The summed E-state index contributed by atoms with van der Waals surface area (Å²) in [5.74, 6) is 0.0292. The fraction of sp³-hybridized carbons (Fsp3) is 0.130. The quantitative estimate of drug-likeness (QED) is 0.452. The second kappa shape index (κ2) is 8.26. The van der Waals surface area contributed by atoms with Crippen LogP contribution < -0.4 is 10.6 Å². The van der Waals surface area contributed by atoms with Gasteiger partial charge in [0.25, 0.3) is 5.91 Å². The molecule has 32 heavy (non-hydrogen) atoms. The molecule has 0 aliphatic heterocycles. The number of carbonyl (C=O) groups is 1. The number of fused-ring (bicyclic) bond motifs is 1. The summed E-state index contributed by atoms with van der Waals surface area (Å²) in [6, 6.07) is 9.82. The number of pyridine rings is 3. The van der Waals surface area contributed by atoms with E-state index in [4.69, 9.17) is 0 Å². The van der Waals surface area contributed by atoms with E-state index in [1.165, 1.54) is 0 Å². The first kappa shape index (κ1) is 21.2. The molecule has 0 bridgehead atoms. The Bertz CT molecular complexity index is 1320. The van der Waals surface area contributed by atoms with E-state index in [1.54, 1.807) is 31.6 Å². The number of hydrogen-bond donors (Lipinski definition) is 2. The molecule has 0 fully saturated rings. The summed E-state index contributed by atoms with van der Waals surface area (Å²) in [6.07, 6.45) is 0.652. The van der Waals surface area contributed by atoms with Crippen molar-refractivity contribution in [2.75, 3.05) is 17.7 Å². The molecule has 0 saturated heterocycles. The zero-order chi connectivity index (χ0) is 22.9. The predicted molar refractivity (Wildman–Crippen MR) is 116 cm³/mol. The van der Waals surface area contributed by atoms with Crippen molar-refractivity contribution < 1.29 is 18.0 Å². The van der Waals surface area contributed by atoms with Gasteiger partial charge in [0, 0.05) is 54.5 Å². The van der Waals surface area contributed by atoms with Crippen LogP contribution >= 0.6 is 0 Å². The molecule has 0 unspecified atom stereocenters. The topological polar surface area (TPSA) is 79.8 Å². The third-order valence-corrected chi connectivity index (χ3v) is 4.96. The number of amides is 1. The Balaban J connectivity index is 1.63. The van der Waals surface area contributed by atoms with Gasteiger partial charge in [-0.05, 0) is 42.3 Å². The number of hydrogen-bond acceptors (Lipinski definition) is 5. The van der Waals surface area contributed by atoms with Crippen LogP contribution in [0.5, 0.6) is 0 Å². The normalized spacial score (nSPS) is 11.4. The van der Waals surface area contributed by atoms with Gasteiger partial charge in [-0.3, -0.25) is 14.8 Å². The maximum absolute atomic E-state index is 12.9. The van der Waals surface area contributed by atoms with Gasteiger partial charge in [0.2, 0.25) is 0 Å². The molecule has 1 amide bonds. The summed E-state index contributed by atoms with van der Waals surface area (Å²) < 4.78 is 38.7. The van der Waals surface area contributed by atoms with E-state index in [0.717, 1.165) is 39.9 Å². The zero-order valence-electron chi connectivity index (χ0n) is 17.2. The SMILES string of the molecule is CNc1cc2ncc(-c3cc(NC(=O)c4cncc(C(F)(F)F)c4)ccc3C)cc2cn1. The maximum atomic E-state index is 12.9. The van der Waals surface area contributed by atoms with E-state index < -0.39 is 17.6 Å². The lowest BCUT2D eigenvalue weighted by Crippen LogP contribution is -2.14. The number of aryl methyl sites for hydroxylation is 1. The second-order valence-corrected chi connectivity index (χ2v) is 7.18. The van der Waals surface area contributed by atoms with Gasteiger partial charge in [0.05, 0.1) is 16.6 Å². The number of alkyl halides is 3. The van der Waals surface area contributed by atoms with Crippen LogP contribution in [-0.2, 0) is 6.18 Å². The van der Waals surface area contributed by atoms with Crippen molar-refractivity contribution in [1.82, 2.24) is 15.0 Å². The molecule has 3 aromatic heterocycles. The van der Waals surface area contributed by atoms with Gasteiger partial charge in [0.1, 0.15) is 5.82 Å². The smallest absolute Gasteiger partial charge is 0.373 e. The minimum absolute atomic E-state index is 0.180. The van der Waals surface area contributed by atoms with Crippen LogP contribution in [0.25, 0.3) is 22.0 Å². The van der Waals surface area contributed by atoms with Gasteiger partial charge in [0.15, 0.2) is 0 Å². The summed E-state index contributed by atoms with van der Waals surface area (Å²) in [4.78, 5) is 24.9. The Morgan fingerprint density at radius 2 is 1.78 bits per heavy atom. The van der Waals surface area contributed by atoms with Crippen LogP contribution in [0.4, 0.5) is 24.7 Å². The highest BCUT2D eigenvalue weighted by molar-refractivity contribution is 6.04. The molecule has 3 heterocycles. The number of nitrogens with one attached hydrogen (secondary N) is 2. The van der Waals surface area contributed by atoms with Crippen LogP contribution in [0.2, 0.25) is 0 Å². The first-order valence-electron chi connectivity index (χ1n) is 9.63. The Morgan fingerprint density at radius 1 is 0.969 bits per heavy atom. The first-order valence-corrected chi connectivity index (χ1v) is 9.63. The van der Waals surface area contributed by atoms with Crippen molar-refractivity contribution in [3.63, 3.8) is 0 Å². The maximum Gasteiger partial charge on any atom is 0.417 e. The van der Waals surface area contributed by atoms with Crippen molar-refractivity contribution in [2.45, 2.75) is 13.1 Å². The standard InChI is InChI=1S/C23H18F3N5O/c1-13-3-4-18(31-22(32)16-6-17(12-28-9-16)23(24,25)26)7-19(13)14-5-15-11-30-21(27-2)8-20(15)29-10-14/h3-12H,1-2H3,(H,27,30)(H,31,32). The minimum atomic E-state index is -4.58. The van der Waals surface area contributed by atoms with E-state index in [9.17, 15) is 18.0 Å². The van der Waals surface area contributed by atoms with Crippen molar-refractivity contribution in [3.05, 3.63) is 77.9 Å². The van der Waals surface area contributed by atoms with Crippen LogP contribution in [0.1, 0.15) is 21.5 Å². The minimum Gasteiger partial charge on any atom is -0.373 e. The van der Waals surface area contributed by atoms with Crippen LogP contribution in [0.3, 0.4) is 0 Å². The number of benzene rings is 1. The Kier molecular flexibility index (Phi) is 5.48. The number of anilines is 2. The number of halogens is 3. The highest BCUT2D eigenvalue weighted by atomic mass is 19.4. The monoisotopic (exact) mass is 437 g/mol. The number of nitrogens with zero attached hydrogens (tertiary/aromatic N) is 3. The molecule has 0 radical (unpaired) electrons. The van der Waals surface area contributed by atoms with Crippen molar-refractivity contribution in [1.29, 1.82) is 0 Å². The number of carbonyl (C=O) groups excluding carboxylic acids is 1. The zero-order valence-corrected chi connectivity index (χ0v) is 17.2. The first-order chi connectivity index (χ1) is 15.2. The van der Waals surface area contributed by atoms with E-state index in [1.807, 2.05) is 25.1 Å². The van der Waals surface area contributed by atoms with Crippen LogP contribution in [0.15, 0.2) is 61.2 Å². The van der Waals surface area contributed by atoms with E-state index in [2.05, 4.69) is 25.6 Å². The molecule has 0 aliphatic rings. The van der Waals surface area contributed by atoms with E-state index in [0.29, 0.717) is 17.7 Å². The van der Waals surface area contributed by atoms with Crippen LogP contribution in [0, 0.1) is 6.92 Å². The molecule has 1 aromatic carbocycles. The third kappa shape index (κ3) is 4.36. The molecule has 0 atom stereocenters. The molecule has 4 aromatic rings. The van der Waals surface area contributed by atoms with Gasteiger partial charge in [-0.25, -0.2) is 4.98 Å². The summed E-state index contributed by atoms with van der Waals surface area (Å²) in [6.45, 7) is 1.92. The average molecular weight is 437 g/mol. The molecular formula is C23H18F3N5O. The molecule has 2 N–H and O–H groups in total. The summed E-state index contributed by atoms with van der Waals surface area (Å²) >= 11 is 0.